The number of nitro groups is 1. The summed E-state index contributed by atoms with van der Waals surface area (Å²) in [4.78, 5) is 14.7. The lowest BCUT2D eigenvalue weighted by Crippen LogP contribution is -1.87. The molecule has 0 amide bonds. The monoisotopic (exact) mass is 269 g/mol. The minimum absolute atomic E-state index is 0.0687. The maximum Gasteiger partial charge on any atom is 0.269 e. The van der Waals surface area contributed by atoms with Crippen molar-refractivity contribution >= 4 is 11.3 Å². The predicted octanol–water partition coefficient (Wildman–Crippen LogP) is 2.92. The Morgan fingerprint density at radius 2 is 1.90 bits per heavy atom. The van der Waals surface area contributed by atoms with Crippen LogP contribution < -0.4 is 4.74 Å². The van der Waals surface area contributed by atoms with Crippen molar-refractivity contribution in [3.63, 3.8) is 0 Å². The summed E-state index contributed by atoms with van der Waals surface area (Å²) < 4.78 is 7.01. The Balaban J connectivity index is 2.03. The molecule has 2 heterocycles. The maximum atomic E-state index is 10.6. The lowest BCUT2D eigenvalue weighted by atomic mass is 10.1. The van der Waals surface area contributed by atoms with Crippen LogP contribution in [0, 0.1) is 10.1 Å². The van der Waals surface area contributed by atoms with Crippen molar-refractivity contribution in [2.24, 2.45) is 0 Å². The molecule has 0 radical (unpaired) electrons. The van der Waals surface area contributed by atoms with Gasteiger partial charge in [0, 0.05) is 23.9 Å². The molecule has 0 unspecified atom stereocenters. The Labute approximate surface area is 114 Å². The zero-order chi connectivity index (χ0) is 14.1. The molecule has 6 nitrogen and oxygen atoms in total. The molecular formula is C14H11N3O3. The minimum Gasteiger partial charge on any atom is -0.495 e. The highest BCUT2D eigenvalue weighted by atomic mass is 16.6. The number of methoxy groups -OCH3 is 1. The quantitative estimate of drug-likeness (QED) is 0.541. The van der Waals surface area contributed by atoms with Crippen LogP contribution in [0.5, 0.6) is 5.75 Å². The molecule has 0 atom stereocenters. The second kappa shape index (κ2) is 4.65. The molecule has 3 aromatic rings. The Morgan fingerprint density at radius 3 is 2.55 bits per heavy atom. The standard InChI is InChI=1S/C14H11N3O3/c1-20-12-6-7-14-15-13(9-16(14)8-12)10-2-4-11(5-3-10)17(18)19/h2-9H,1H3. The SMILES string of the molecule is COc1ccc2nc(-c3ccc([N+](=O)[O-])cc3)cn2c1. The third-order valence-corrected chi connectivity index (χ3v) is 3.03. The van der Waals surface area contributed by atoms with Crippen molar-refractivity contribution in [2.45, 2.75) is 0 Å². The zero-order valence-electron chi connectivity index (χ0n) is 10.7. The molecule has 0 spiro atoms. The van der Waals surface area contributed by atoms with Crippen LogP contribution in [0.1, 0.15) is 0 Å². The molecule has 100 valence electrons. The highest BCUT2D eigenvalue weighted by molar-refractivity contribution is 5.64. The van der Waals surface area contributed by atoms with Gasteiger partial charge in [0.15, 0.2) is 0 Å². The molecule has 0 N–H and O–H groups in total. The number of fused-ring (bicyclic) bond motifs is 1. The molecule has 0 aliphatic carbocycles. The summed E-state index contributed by atoms with van der Waals surface area (Å²) in [5, 5.41) is 10.6. The first kappa shape index (κ1) is 12.2. The molecule has 0 aliphatic rings. The molecule has 20 heavy (non-hydrogen) atoms. The minimum atomic E-state index is -0.418. The third kappa shape index (κ3) is 2.07. The van der Waals surface area contributed by atoms with Crippen molar-refractivity contribution in [3.8, 4) is 17.0 Å². The van der Waals surface area contributed by atoms with Gasteiger partial charge in [-0.05, 0) is 24.3 Å². The summed E-state index contributed by atoms with van der Waals surface area (Å²) in [6.45, 7) is 0. The number of nitrogens with zero attached hydrogens (tertiary/aromatic N) is 3. The van der Waals surface area contributed by atoms with E-state index in [9.17, 15) is 10.1 Å². The lowest BCUT2D eigenvalue weighted by Gasteiger charge is -1.98. The first-order valence-electron chi connectivity index (χ1n) is 5.95. The van der Waals surface area contributed by atoms with E-state index in [-0.39, 0.29) is 5.69 Å². The van der Waals surface area contributed by atoms with E-state index in [4.69, 9.17) is 4.74 Å². The van der Waals surface area contributed by atoms with Crippen molar-refractivity contribution in [1.82, 2.24) is 9.38 Å². The largest absolute Gasteiger partial charge is 0.495 e. The lowest BCUT2D eigenvalue weighted by molar-refractivity contribution is -0.384. The van der Waals surface area contributed by atoms with Crippen LogP contribution in [0.3, 0.4) is 0 Å². The Hall–Kier alpha value is -2.89. The van der Waals surface area contributed by atoms with Crippen molar-refractivity contribution in [2.75, 3.05) is 7.11 Å². The molecule has 6 heteroatoms. The van der Waals surface area contributed by atoms with E-state index in [1.807, 2.05) is 28.9 Å². The van der Waals surface area contributed by atoms with Gasteiger partial charge < -0.3 is 9.14 Å². The molecular weight excluding hydrogens is 258 g/mol. The van der Waals surface area contributed by atoms with Gasteiger partial charge >= 0.3 is 0 Å². The number of nitro benzene ring substituents is 1. The number of non-ortho nitro benzene ring substituents is 1. The summed E-state index contributed by atoms with van der Waals surface area (Å²) in [6, 6.07) is 10.0. The van der Waals surface area contributed by atoms with Crippen LogP contribution in [-0.2, 0) is 0 Å². The fourth-order valence-corrected chi connectivity index (χ4v) is 1.99. The highest BCUT2D eigenvalue weighted by Crippen LogP contribution is 2.23. The fourth-order valence-electron chi connectivity index (χ4n) is 1.99. The van der Waals surface area contributed by atoms with Crippen LogP contribution in [-0.4, -0.2) is 21.4 Å². The number of hydrogen-bond donors (Lipinski definition) is 0. The van der Waals surface area contributed by atoms with Crippen LogP contribution in [0.15, 0.2) is 48.8 Å². The average molecular weight is 269 g/mol. The number of aromatic nitrogens is 2. The van der Waals surface area contributed by atoms with Gasteiger partial charge in [-0.15, -0.1) is 0 Å². The van der Waals surface area contributed by atoms with Crippen molar-refractivity contribution in [3.05, 3.63) is 58.9 Å². The molecule has 0 saturated heterocycles. The van der Waals surface area contributed by atoms with Crippen LogP contribution in [0.2, 0.25) is 0 Å². The van der Waals surface area contributed by atoms with Crippen LogP contribution in [0.25, 0.3) is 16.9 Å². The predicted molar refractivity (Wildman–Crippen MR) is 73.8 cm³/mol. The van der Waals surface area contributed by atoms with E-state index in [0.29, 0.717) is 0 Å². The van der Waals surface area contributed by atoms with Gasteiger partial charge in [0.05, 0.1) is 23.9 Å². The molecule has 0 bridgehead atoms. The summed E-state index contributed by atoms with van der Waals surface area (Å²) in [6.07, 6.45) is 3.69. The Bertz CT molecular complexity index is 778. The summed E-state index contributed by atoms with van der Waals surface area (Å²) in [5.74, 6) is 0.741. The van der Waals surface area contributed by atoms with E-state index in [2.05, 4.69) is 4.98 Å². The second-order valence-corrected chi connectivity index (χ2v) is 4.26. The molecule has 1 aromatic carbocycles. The number of ether oxygens (including phenoxy) is 1. The Morgan fingerprint density at radius 1 is 1.15 bits per heavy atom. The van der Waals surface area contributed by atoms with Crippen LogP contribution >= 0.6 is 0 Å². The van der Waals surface area contributed by atoms with Gasteiger partial charge in [-0.2, -0.15) is 0 Å². The first-order valence-corrected chi connectivity index (χ1v) is 5.95. The summed E-state index contributed by atoms with van der Waals surface area (Å²) >= 11 is 0. The van der Waals surface area contributed by atoms with Gasteiger partial charge in [0.1, 0.15) is 11.4 Å². The zero-order valence-corrected chi connectivity index (χ0v) is 10.7. The van der Waals surface area contributed by atoms with E-state index < -0.39 is 4.92 Å². The van der Waals surface area contributed by atoms with Crippen molar-refractivity contribution < 1.29 is 9.66 Å². The number of imidazole rings is 1. The van der Waals surface area contributed by atoms with Crippen molar-refractivity contribution in [1.29, 1.82) is 0 Å². The summed E-state index contributed by atoms with van der Waals surface area (Å²) in [7, 11) is 1.61. The summed E-state index contributed by atoms with van der Waals surface area (Å²) in [5.41, 5.74) is 2.45. The smallest absolute Gasteiger partial charge is 0.269 e. The van der Waals surface area contributed by atoms with Crippen LogP contribution in [0.4, 0.5) is 5.69 Å². The number of hydrogen-bond acceptors (Lipinski definition) is 4. The van der Waals surface area contributed by atoms with Gasteiger partial charge in [0.25, 0.3) is 5.69 Å². The van der Waals surface area contributed by atoms with Gasteiger partial charge in [-0.1, -0.05) is 0 Å². The molecule has 2 aromatic heterocycles. The molecule has 0 saturated carbocycles. The number of benzene rings is 1. The fraction of sp³-hybridized carbons (Fsp3) is 0.0714. The number of rotatable bonds is 3. The molecule has 3 rings (SSSR count). The topological polar surface area (TPSA) is 69.7 Å². The van der Waals surface area contributed by atoms with Gasteiger partial charge in [0.2, 0.25) is 0 Å². The first-order chi connectivity index (χ1) is 9.67. The highest BCUT2D eigenvalue weighted by Gasteiger charge is 2.08. The number of pyridine rings is 1. The Kier molecular flexibility index (Phi) is 2.83. The maximum absolute atomic E-state index is 10.6. The van der Waals surface area contributed by atoms with E-state index in [1.165, 1.54) is 12.1 Å². The average Bonchev–Trinajstić information content (AvgIpc) is 2.90. The van der Waals surface area contributed by atoms with E-state index in [1.54, 1.807) is 19.2 Å². The second-order valence-electron chi connectivity index (χ2n) is 4.26. The molecule has 0 aliphatic heterocycles. The van der Waals surface area contributed by atoms with E-state index >= 15 is 0 Å². The molecule has 0 fully saturated rings. The van der Waals surface area contributed by atoms with Gasteiger partial charge in [-0.25, -0.2) is 4.98 Å². The normalized spacial score (nSPS) is 10.7. The third-order valence-electron chi connectivity index (χ3n) is 3.03. The van der Waals surface area contributed by atoms with Gasteiger partial charge in [-0.3, -0.25) is 10.1 Å². The van der Waals surface area contributed by atoms with E-state index in [0.717, 1.165) is 22.7 Å².